The summed E-state index contributed by atoms with van der Waals surface area (Å²) in [5, 5.41) is 16.3. The van der Waals surface area contributed by atoms with Crippen molar-refractivity contribution in [3.63, 3.8) is 0 Å². The van der Waals surface area contributed by atoms with Crippen molar-refractivity contribution in [1.82, 2.24) is 20.0 Å². The number of carboxylic acid groups (broad SMARTS) is 1. The van der Waals surface area contributed by atoms with E-state index in [2.05, 4.69) is 15.3 Å². The number of aliphatic carboxylic acids is 1. The topological polar surface area (TPSA) is 87.5 Å². The molecule has 2 aromatic rings. The molecule has 1 aliphatic rings. The number of carbonyl (C=O) groups excluding carboxylic acids is 1. The highest BCUT2D eigenvalue weighted by atomic mass is 16.4. The molecule has 1 aliphatic heterocycles. The van der Waals surface area contributed by atoms with E-state index in [9.17, 15) is 9.59 Å². The molecule has 0 radical (unpaired) electrons. The molecule has 0 spiro atoms. The number of hydrogen-bond acceptors (Lipinski definition) is 4. The Bertz CT molecular complexity index is 755. The second kappa shape index (κ2) is 6.84. The summed E-state index contributed by atoms with van der Waals surface area (Å²) in [5.41, 5.74) is 3.31. The van der Waals surface area contributed by atoms with Crippen molar-refractivity contribution < 1.29 is 14.7 Å². The lowest BCUT2D eigenvalue weighted by Crippen LogP contribution is -2.29. The van der Waals surface area contributed by atoms with Crippen LogP contribution in [-0.4, -0.2) is 45.3 Å². The molecule has 0 saturated carbocycles. The van der Waals surface area contributed by atoms with E-state index in [1.54, 1.807) is 16.8 Å². The van der Waals surface area contributed by atoms with E-state index in [0.29, 0.717) is 12.1 Å². The minimum Gasteiger partial charge on any atom is -0.480 e. The minimum absolute atomic E-state index is 0.154. The number of nitrogens with one attached hydrogen (secondary N) is 1. The van der Waals surface area contributed by atoms with Gasteiger partial charge in [-0.2, -0.15) is 5.10 Å². The van der Waals surface area contributed by atoms with Crippen LogP contribution in [0.15, 0.2) is 30.3 Å². The average molecular weight is 328 g/mol. The number of carboxylic acids is 1. The molecule has 7 heteroatoms. The van der Waals surface area contributed by atoms with E-state index in [4.69, 9.17) is 5.11 Å². The summed E-state index contributed by atoms with van der Waals surface area (Å²) >= 11 is 0. The Kier molecular flexibility index (Phi) is 4.61. The third-order valence-electron chi connectivity index (χ3n) is 4.15. The minimum atomic E-state index is -0.918. The van der Waals surface area contributed by atoms with Crippen molar-refractivity contribution in [2.75, 3.05) is 13.6 Å². The first-order valence-corrected chi connectivity index (χ1v) is 7.85. The SMILES string of the molecule is CN1CCc2c(c(CNC(=O)c3ccccc3)nn2CC(=O)O)C1. The molecule has 0 unspecified atom stereocenters. The molecule has 0 aliphatic carbocycles. The van der Waals surface area contributed by atoms with E-state index in [-0.39, 0.29) is 19.0 Å². The van der Waals surface area contributed by atoms with Gasteiger partial charge in [0.1, 0.15) is 6.54 Å². The maximum Gasteiger partial charge on any atom is 0.325 e. The van der Waals surface area contributed by atoms with E-state index in [1.807, 2.05) is 25.2 Å². The molecule has 0 saturated heterocycles. The monoisotopic (exact) mass is 328 g/mol. The van der Waals surface area contributed by atoms with Crippen LogP contribution in [0.25, 0.3) is 0 Å². The van der Waals surface area contributed by atoms with Crippen molar-refractivity contribution >= 4 is 11.9 Å². The second-order valence-electron chi connectivity index (χ2n) is 5.96. The second-order valence-corrected chi connectivity index (χ2v) is 5.96. The van der Waals surface area contributed by atoms with Gasteiger partial charge in [0.05, 0.1) is 12.2 Å². The van der Waals surface area contributed by atoms with Crippen LogP contribution in [0.3, 0.4) is 0 Å². The molecule has 7 nitrogen and oxygen atoms in total. The number of benzene rings is 1. The molecule has 1 aromatic carbocycles. The first-order valence-electron chi connectivity index (χ1n) is 7.85. The molecule has 0 atom stereocenters. The van der Waals surface area contributed by atoms with Gasteiger partial charge in [-0.05, 0) is 19.2 Å². The lowest BCUT2D eigenvalue weighted by Gasteiger charge is -2.23. The number of likely N-dealkylation sites (N-methyl/N-ethyl adjacent to an activating group) is 1. The molecule has 0 fully saturated rings. The summed E-state index contributed by atoms with van der Waals surface area (Å²) in [5.74, 6) is -1.08. The van der Waals surface area contributed by atoms with Gasteiger partial charge in [-0.15, -0.1) is 0 Å². The van der Waals surface area contributed by atoms with Gasteiger partial charge >= 0.3 is 5.97 Å². The number of fused-ring (bicyclic) bond motifs is 1. The van der Waals surface area contributed by atoms with E-state index in [1.165, 1.54) is 0 Å². The Morgan fingerprint density at radius 2 is 2.04 bits per heavy atom. The van der Waals surface area contributed by atoms with E-state index in [0.717, 1.165) is 29.9 Å². The fourth-order valence-electron chi connectivity index (χ4n) is 2.95. The van der Waals surface area contributed by atoms with Crippen molar-refractivity contribution in [1.29, 1.82) is 0 Å². The molecule has 3 rings (SSSR count). The highest BCUT2D eigenvalue weighted by Crippen LogP contribution is 2.22. The summed E-state index contributed by atoms with van der Waals surface area (Å²) < 4.78 is 1.55. The summed E-state index contributed by atoms with van der Waals surface area (Å²) in [6.07, 6.45) is 0.763. The molecule has 1 amide bonds. The van der Waals surface area contributed by atoms with Crippen LogP contribution in [0.4, 0.5) is 0 Å². The molecule has 0 bridgehead atoms. The maximum absolute atomic E-state index is 12.2. The summed E-state index contributed by atoms with van der Waals surface area (Å²) in [6.45, 7) is 1.72. The quantitative estimate of drug-likeness (QED) is 0.851. The van der Waals surface area contributed by atoms with E-state index >= 15 is 0 Å². The van der Waals surface area contributed by atoms with Gasteiger partial charge in [-0.25, -0.2) is 0 Å². The third kappa shape index (κ3) is 3.46. The largest absolute Gasteiger partial charge is 0.480 e. The third-order valence-corrected chi connectivity index (χ3v) is 4.15. The number of nitrogens with zero attached hydrogens (tertiary/aromatic N) is 3. The zero-order valence-electron chi connectivity index (χ0n) is 13.5. The number of aromatic nitrogens is 2. The van der Waals surface area contributed by atoms with Gasteiger partial charge in [0.2, 0.25) is 0 Å². The number of amides is 1. The van der Waals surface area contributed by atoms with Gasteiger partial charge in [-0.3, -0.25) is 14.3 Å². The van der Waals surface area contributed by atoms with Crippen LogP contribution < -0.4 is 5.32 Å². The Balaban J connectivity index is 1.79. The van der Waals surface area contributed by atoms with Crippen LogP contribution in [0.1, 0.15) is 27.3 Å². The molecule has 2 N–H and O–H groups in total. The Morgan fingerprint density at radius 3 is 2.75 bits per heavy atom. The normalized spacial score (nSPS) is 14.2. The number of hydrogen-bond donors (Lipinski definition) is 2. The first kappa shape index (κ1) is 16.2. The van der Waals surface area contributed by atoms with Gasteiger partial charge in [0.15, 0.2) is 0 Å². The maximum atomic E-state index is 12.2. The fourth-order valence-corrected chi connectivity index (χ4v) is 2.95. The molecular formula is C17H20N4O3. The van der Waals surface area contributed by atoms with Crippen LogP contribution in [0.2, 0.25) is 0 Å². The lowest BCUT2D eigenvalue weighted by molar-refractivity contribution is -0.137. The molecule has 1 aromatic heterocycles. The predicted octanol–water partition coefficient (Wildman–Crippen LogP) is 0.886. The Hall–Kier alpha value is -2.67. The Morgan fingerprint density at radius 1 is 1.29 bits per heavy atom. The van der Waals surface area contributed by atoms with Crippen molar-refractivity contribution in [3.8, 4) is 0 Å². The zero-order valence-corrected chi connectivity index (χ0v) is 13.5. The van der Waals surface area contributed by atoms with Gasteiger partial charge in [0.25, 0.3) is 5.91 Å². The number of rotatable bonds is 5. The molecule has 126 valence electrons. The van der Waals surface area contributed by atoms with E-state index < -0.39 is 5.97 Å². The smallest absolute Gasteiger partial charge is 0.325 e. The summed E-state index contributed by atoms with van der Waals surface area (Å²) in [7, 11) is 2.02. The molecule has 2 heterocycles. The van der Waals surface area contributed by atoms with Crippen LogP contribution in [0.5, 0.6) is 0 Å². The average Bonchev–Trinajstić information content (AvgIpc) is 2.89. The fraction of sp³-hybridized carbons (Fsp3) is 0.353. The van der Waals surface area contributed by atoms with Crippen molar-refractivity contribution in [2.45, 2.75) is 26.1 Å². The van der Waals surface area contributed by atoms with Crippen molar-refractivity contribution in [2.24, 2.45) is 0 Å². The summed E-state index contributed by atoms with van der Waals surface area (Å²) in [4.78, 5) is 25.4. The standard InChI is InChI=1S/C17H20N4O3/c1-20-8-7-15-13(10-20)14(19-21(15)11-16(22)23)9-18-17(24)12-5-3-2-4-6-12/h2-6H,7-11H2,1H3,(H,18,24)(H,22,23). The lowest BCUT2D eigenvalue weighted by atomic mass is 10.1. The van der Waals surface area contributed by atoms with Crippen LogP contribution >= 0.6 is 0 Å². The van der Waals surface area contributed by atoms with Gasteiger partial charge in [-0.1, -0.05) is 18.2 Å². The highest BCUT2D eigenvalue weighted by Gasteiger charge is 2.24. The van der Waals surface area contributed by atoms with Crippen LogP contribution in [-0.2, 0) is 30.8 Å². The van der Waals surface area contributed by atoms with Gasteiger partial charge < -0.3 is 15.3 Å². The highest BCUT2D eigenvalue weighted by molar-refractivity contribution is 5.94. The molecular weight excluding hydrogens is 308 g/mol. The molecule has 24 heavy (non-hydrogen) atoms. The van der Waals surface area contributed by atoms with Crippen LogP contribution in [0, 0.1) is 0 Å². The van der Waals surface area contributed by atoms with Crippen molar-refractivity contribution in [3.05, 3.63) is 52.8 Å². The Labute approximate surface area is 139 Å². The predicted molar refractivity (Wildman–Crippen MR) is 87.5 cm³/mol. The summed E-state index contributed by atoms with van der Waals surface area (Å²) in [6, 6.07) is 8.99. The first-order chi connectivity index (χ1) is 11.5. The zero-order chi connectivity index (χ0) is 17.1. The van der Waals surface area contributed by atoms with Gasteiger partial charge in [0, 0.05) is 36.3 Å². The number of carbonyl (C=O) groups is 2.